The Morgan fingerprint density at radius 3 is 1.42 bits per heavy atom. The first-order valence-electron chi connectivity index (χ1n) is 17.7. The molecule has 0 atom stereocenters. The molecule has 0 N–H and O–H groups in total. The van der Waals surface area contributed by atoms with Gasteiger partial charge in [-0.2, -0.15) is 0 Å². The number of fused-ring (bicyclic) bond motifs is 9. The van der Waals surface area contributed by atoms with Crippen LogP contribution < -0.4 is 9.80 Å². The maximum absolute atomic E-state index is 7.06. The zero-order valence-electron chi connectivity index (χ0n) is 28.9. The van der Waals surface area contributed by atoms with Crippen LogP contribution in [0, 0.1) is 13.8 Å². The van der Waals surface area contributed by atoms with Crippen molar-refractivity contribution in [2.45, 2.75) is 13.8 Å². The number of hydrogen-bond acceptors (Lipinski definition) is 4. The number of anilines is 6. The summed E-state index contributed by atoms with van der Waals surface area (Å²) in [7, 11) is 0. The Bertz CT molecular complexity index is 2910. The van der Waals surface area contributed by atoms with Gasteiger partial charge in [-0.15, -0.1) is 0 Å². The SMILES string of the molecule is Cc1ccc(N(c2ccccc2)c2cc3oc4cc(N(c5ccccc5)c5ccc(C)cc5)c5oc6ccccc6c5c4c3c3ccccc23)cc1. The Labute approximate surface area is 301 Å². The Morgan fingerprint density at radius 2 is 0.808 bits per heavy atom. The molecule has 52 heavy (non-hydrogen) atoms. The van der Waals surface area contributed by atoms with Crippen LogP contribution in [-0.4, -0.2) is 0 Å². The molecule has 8 aromatic carbocycles. The summed E-state index contributed by atoms with van der Waals surface area (Å²) in [5.41, 5.74) is 11.9. The molecule has 248 valence electrons. The predicted octanol–water partition coefficient (Wildman–Crippen LogP) is 14.2. The van der Waals surface area contributed by atoms with Gasteiger partial charge in [0.1, 0.15) is 16.7 Å². The molecule has 0 aliphatic carbocycles. The van der Waals surface area contributed by atoms with Crippen molar-refractivity contribution in [3.63, 3.8) is 0 Å². The summed E-state index contributed by atoms with van der Waals surface area (Å²) in [4.78, 5) is 4.60. The topological polar surface area (TPSA) is 32.8 Å². The molecule has 0 bridgehead atoms. The first kappa shape index (κ1) is 30.1. The largest absolute Gasteiger partial charge is 0.456 e. The second kappa shape index (κ2) is 11.9. The molecule has 2 aromatic heterocycles. The van der Waals surface area contributed by atoms with Gasteiger partial charge < -0.3 is 18.6 Å². The van der Waals surface area contributed by atoms with Gasteiger partial charge in [-0.1, -0.05) is 114 Å². The van der Waals surface area contributed by atoms with Crippen LogP contribution in [0.25, 0.3) is 54.6 Å². The zero-order valence-corrected chi connectivity index (χ0v) is 28.9. The molecule has 2 heterocycles. The molecule has 10 aromatic rings. The van der Waals surface area contributed by atoms with E-state index in [0.29, 0.717) is 0 Å². The molecule has 0 saturated carbocycles. The number of para-hydroxylation sites is 3. The second-order valence-corrected chi connectivity index (χ2v) is 13.5. The Morgan fingerprint density at radius 1 is 0.346 bits per heavy atom. The lowest BCUT2D eigenvalue weighted by atomic mass is 9.97. The van der Waals surface area contributed by atoms with E-state index in [4.69, 9.17) is 8.83 Å². The summed E-state index contributed by atoms with van der Waals surface area (Å²) < 4.78 is 13.9. The summed E-state index contributed by atoms with van der Waals surface area (Å²) in [6.07, 6.45) is 0. The third kappa shape index (κ3) is 4.76. The van der Waals surface area contributed by atoms with Crippen molar-refractivity contribution >= 4 is 88.8 Å². The highest BCUT2D eigenvalue weighted by Crippen LogP contribution is 2.51. The summed E-state index contributed by atoms with van der Waals surface area (Å²) in [5, 5.41) is 6.50. The second-order valence-electron chi connectivity index (χ2n) is 13.5. The van der Waals surface area contributed by atoms with Crippen LogP contribution in [0.4, 0.5) is 34.1 Å². The summed E-state index contributed by atoms with van der Waals surface area (Å²) in [6.45, 7) is 4.24. The fourth-order valence-electron chi connectivity index (χ4n) is 7.72. The minimum absolute atomic E-state index is 0.806. The van der Waals surface area contributed by atoms with Crippen molar-refractivity contribution in [3.05, 3.63) is 181 Å². The number of furan rings is 2. The monoisotopic (exact) mass is 670 g/mol. The third-order valence-electron chi connectivity index (χ3n) is 10.1. The van der Waals surface area contributed by atoms with Crippen LogP contribution in [0.3, 0.4) is 0 Å². The van der Waals surface area contributed by atoms with E-state index in [2.05, 4.69) is 181 Å². The van der Waals surface area contributed by atoms with E-state index in [1.54, 1.807) is 0 Å². The van der Waals surface area contributed by atoms with Crippen LogP contribution in [0.5, 0.6) is 0 Å². The molecule has 0 unspecified atom stereocenters. The van der Waals surface area contributed by atoms with Crippen LogP contribution in [0.2, 0.25) is 0 Å². The highest BCUT2D eigenvalue weighted by Gasteiger charge is 2.27. The fraction of sp³-hybridized carbons (Fsp3) is 0.0417. The van der Waals surface area contributed by atoms with Crippen molar-refractivity contribution in [1.29, 1.82) is 0 Å². The fourth-order valence-corrected chi connectivity index (χ4v) is 7.72. The normalized spacial score (nSPS) is 11.7. The van der Waals surface area contributed by atoms with Crippen molar-refractivity contribution < 1.29 is 8.83 Å². The van der Waals surface area contributed by atoms with Crippen molar-refractivity contribution in [2.24, 2.45) is 0 Å². The van der Waals surface area contributed by atoms with E-state index in [1.165, 1.54) is 11.1 Å². The number of hydrogen-bond donors (Lipinski definition) is 0. The number of rotatable bonds is 6. The molecule has 0 spiro atoms. The Kier molecular flexibility index (Phi) is 6.90. The quantitative estimate of drug-likeness (QED) is 0.176. The Balaban J connectivity index is 1.33. The van der Waals surface area contributed by atoms with Crippen molar-refractivity contribution in [2.75, 3.05) is 9.80 Å². The highest BCUT2D eigenvalue weighted by atomic mass is 16.3. The van der Waals surface area contributed by atoms with Gasteiger partial charge in [-0.3, -0.25) is 0 Å². The summed E-state index contributed by atoms with van der Waals surface area (Å²) >= 11 is 0. The van der Waals surface area contributed by atoms with Crippen LogP contribution in [0.15, 0.2) is 179 Å². The molecule has 0 aliphatic heterocycles. The first-order chi connectivity index (χ1) is 25.6. The zero-order chi connectivity index (χ0) is 34.8. The van der Waals surface area contributed by atoms with Crippen molar-refractivity contribution in [1.82, 2.24) is 0 Å². The smallest absolute Gasteiger partial charge is 0.160 e. The van der Waals surface area contributed by atoms with Gasteiger partial charge in [0, 0.05) is 61.8 Å². The molecule has 0 amide bonds. The number of aryl methyl sites for hydroxylation is 2. The van der Waals surface area contributed by atoms with E-state index in [-0.39, 0.29) is 0 Å². The van der Waals surface area contributed by atoms with Gasteiger partial charge in [0.05, 0.1) is 11.4 Å². The van der Waals surface area contributed by atoms with Crippen LogP contribution >= 0.6 is 0 Å². The lowest BCUT2D eigenvalue weighted by Crippen LogP contribution is -2.10. The van der Waals surface area contributed by atoms with Gasteiger partial charge in [0.25, 0.3) is 0 Å². The van der Waals surface area contributed by atoms with Crippen molar-refractivity contribution in [3.8, 4) is 0 Å². The summed E-state index contributed by atoms with van der Waals surface area (Å²) in [5.74, 6) is 0. The third-order valence-corrected chi connectivity index (χ3v) is 10.1. The molecule has 0 radical (unpaired) electrons. The maximum atomic E-state index is 7.06. The molecule has 0 fully saturated rings. The van der Waals surface area contributed by atoms with Gasteiger partial charge in [-0.25, -0.2) is 0 Å². The van der Waals surface area contributed by atoms with Gasteiger partial charge in [-0.05, 0) is 73.8 Å². The predicted molar refractivity (Wildman–Crippen MR) is 217 cm³/mol. The molecular weight excluding hydrogens is 637 g/mol. The maximum Gasteiger partial charge on any atom is 0.160 e. The van der Waals surface area contributed by atoms with Gasteiger partial charge in [0.15, 0.2) is 5.58 Å². The molecule has 4 nitrogen and oxygen atoms in total. The Hall–Kier alpha value is -6.78. The minimum Gasteiger partial charge on any atom is -0.456 e. The number of benzene rings is 8. The van der Waals surface area contributed by atoms with Crippen LogP contribution in [-0.2, 0) is 0 Å². The average molecular weight is 671 g/mol. The lowest BCUT2D eigenvalue weighted by molar-refractivity contribution is 0.663. The van der Waals surface area contributed by atoms with Gasteiger partial charge >= 0.3 is 0 Å². The lowest BCUT2D eigenvalue weighted by Gasteiger charge is -2.27. The first-order valence-corrected chi connectivity index (χ1v) is 17.7. The minimum atomic E-state index is 0.806. The van der Waals surface area contributed by atoms with Crippen LogP contribution in [0.1, 0.15) is 11.1 Å². The molecule has 0 aliphatic rings. The van der Waals surface area contributed by atoms with E-state index in [0.717, 1.165) is 88.8 Å². The van der Waals surface area contributed by atoms with E-state index in [9.17, 15) is 0 Å². The molecule has 10 rings (SSSR count). The molecule has 4 heteroatoms. The standard InChI is InChI=1S/C48H34N2O2/c1-31-21-25-35(26-22-31)49(33-13-5-3-6-14-33)40-29-43-45(38-18-10-9-17-37(38)40)47-44(51-43)30-41(48-46(47)39-19-11-12-20-42(39)52-48)50(34-15-7-4-8-16-34)36-27-23-32(2)24-28-36/h3-30H,1-2H3. The average Bonchev–Trinajstić information content (AvgIpc) is 3.76. The molecular formula is C48H34N2O2. The summed E-state index contributed by atoms with van der Waals surface area (Å²) in [6, 6.07) is 59.8. The van der Waals surface area contributed by atoms with Gasteiger partial charge in [0.2, 0.25) is 0 Å². The van der Waals surface area contributed by atoms with E-state index < -0.39 is 0 Å². The molecule has 0 saturated heterocycles. The number of nitrogens with zero attached hydrogens (tertiary/aromatic N) is 2. The highest BCUT2D eigenvalue weighted by molar-refractivity contribution is 6.33. The van der Waals surface area contributed by atoms with E-state index in [1.807, 2.05) is 12.1 Å². The van der Waals surface area contributed by atoms with E-state index >= 15 is 0 Å².